The van der Waals surface area contributed by atoms with Crippen molar-refractivity contribution < 1.29 is 52.8 Å². The first-order valence-corrected chi connectivity index (χ1v) is 13.5. The molecule has 11 heteroatoms. The maximum atomic E-state index is 13.8. The molecule has 11 nitrogen and oxygen atoms in total. The van der Waals surface area contributed by atoms with Crippen molar-refractivity contribution in [1.82, 2.24) is 0 Å². The molecule has 5 aliphatic rings. The molecule has 0 aromatic carbocycles. The van der Waals surface area contributed by atoms with Gasteiger partial charge >= 0.3 is 23.9 Å². The molecule has 40 heavy (non-hydrogen) atoms. The smallest absolute Gasteiger partial charge is 0.347 e. The largest absolute Gasteiger partial charge is 0.466 e. The minimum atomic E-state index is -1.57. The molecular weight excluding hydrogens is 524 g/mol. The lowest BCUT2D eigenvalue weighted by atomic mass is 9.44. The summed E-state index contributed by atoms with van der Waals surface area (Å²) in [4.78, 5) is 64.0. The SMILES string of the molecule is C=C1C2CC[C@]3(C)[C@H](C4=CC(=O)OC4O)OC(=O)CC13O[C@]1(C)CC(=O)C(C)(C)[C@H](C(OC(C)=O)C(=O)OC)C21. The average molecular weight is 561 g/mol. The number of hydrogen-bond donors (Lipinski definition) is 1. The summed E-state index contributed by atoms with van der Waals surface area (Å²) in [5.74, 6) is -4.63. The van der Waals surface area contributed by atoms with Crippen molar-refractivity contribution in [3.05, 3.63) is 23.8 Å². The number of aliphatic hydroxyl groups is 1. The molecule has 4 fully saturated rings. The van der Waals surface area contributed by atoms with Crippen LogP contribution < -0.4 is 0 Å². The fourth-order valence-corrected chi connectivity index (χ4v) is 8.32. The summed E-state index contributed by atoms with van der Waals surface area (Å²) in [6.07, 6.45) is -2.07. The molecule has 1 N–H and O–H groups in total. The Labute approximate surface area is 232 Å². The Balaban J connectivity index is 1.65. The van der Waals surface area contributed by atoms with Crippen LogP contribution in [0.4, 0.5) is 0 Å². The predicted molar refractivity (Wildman–Crippen MR) is 135 cm³/mol. The predicted octanol–water partition coefficient (Wildman–Crippen LogP) is 1.94. The summed E-state index contributed by atoms with van der Waals surface area (Å²) in [5.41, 5.74) is -3.81. The monoisotopic (exact) mass is 560 g/mol. The zero-order valence-corrected chi connectivity index (χ0v) is 23.6. The summed E-state index contributed by atoms with van der Waals surface area (Å²) >= 11 is 0. The number of hydrogen-bond acceptors (Lipinski definition) is 11. The van der Waals surface area contributed by atoms with Crippen LogP contribution in [0.15, 0.2) is 23.8 Å². The molecular formula is C29H36O11. The van der Waals surface area contributed by atoms with Gasteiger partial charge in [-0.25, -0.2) is 9.59 Å². The lowest BCUT2D eigenvalue weighted by Crippen LogP contribution is -2.75. The molecule has 2 saturated heterocycles. The Morgan fingerprint density at radius 2 is 1.80 bits per heavy atom. The lowest BCUT2D eigenvalue weighted by molar-refractivity contribution is -0.308. The quantitative estimate of drug-likeness (QED) is 0.305. The standard InChI is InChI=1S/C29H36O11/c1-13-15-8-9-27(5)23(16-10-18(32)39-24(16)34)38-19(33)12-29(13,27)40-28(6)11-17(31)26(3,4)21(20(15)28)22(25(35)36-7)37-14(2)30/h10,15,20-24,34H,1,8-9,11-12H2,2-7H3/t15?,20?,21-,22?,23-,24?,27+,28+,29?/m0/s1. The molecule has 0 radical (unpaired) electrons. The van der Waals surface area contributed by atoms with Crippen molar-refractivity contribution in [1.29, 1.82) is 0 Å². The van der Waals surface area contributed by atoms with Crippen LogP contribution in [0.1, 0.15) is 60.3 Å². The van der Waals surface area contributed by atoms with Crippen molar-refractivity contribution in [3.63, 3.8) is 0 Å². The van der Waals surface area contributed by atoms with Crippen LogP contribution >= 0.6 is 0 Å². The van der Waals surface area contributed by atoms with Gasteiger partial charge in [-0.3, -0.25) is 14.4 Å². The number of Topliss-reactive ketones (excluding diaryl/α,β-unsaturated/α-hetero) is 1. The van der Waals surface area contributed by atoms with Crippen LogP contribution in [0.25, 0.3) is 0 Å². The molecule has 5 unspecified atom stereocenters. The lowest BCUT2D eigenvalue weighted by Gasteiger charge is -2.69. The molecule has 2 bridgehead atoms. The van der Waals surface area contributed by atoms with Crippen LogP contribution in [-0.2, 0) is 47.7 Å². The molecule has 2 aliphatic carbocycles. The third kappa shape index (κ3) is 3.73. The zero-order chi connectivity index (χ0) is 29.6. The normalized spacial score (nSPS) is 42.5. The van der Waals surface area contributed by atoms with Crippen molar-refractivity contribution in [2.24, 2.45) is 28.6 Å². The topological polar surface area (TPSA) is 152 Å². The maximum absolute atomic E-state index is 13.8. The third-order valence-electron chi connectivity index (χ3n) is 10.2. The molecule has 3 aliphatic heterocycles. The second kappa shape index (κ2) is 8.97. The van der Waals surface area contributed by atoms with Crippen molar-refractivity contribution in [2.75, 3.05) is 7.11 Å². The number of aliphatic hydroxyl groups excluding tert-OH is 1. The van der Waals surface area contributed by atoms with E-state index in [-0.39, 0.29) is 30.1 Å². The number of ketones is 1. The fourth-order valence-electron chi connectivity index (χ4n) is 8.32. The molecule has 0 aromatic heterocycles. The van der Waals surface area contributed by atoms with Gasteiger partial charge in [0.15, 0.2) is 0 Å². The van der Waals surface area contributed by atoms with Gasteiger partial charge in [-0.2, -0.15) is 0 Å². The van der Waals surface area contributed by atoms with E-state index in [4.69, 9.17) is 23.7 Å². The average Bonchev–Trinajstić information content (AvgIpc) is 3.18. The molecule has 0 amide bonds. The van der Waals surface area contributed by atoms with Crippen LogP contribution in [0.2, 0.25) is 0 Å². The van der Waals surface area contributed by atoms with E-state index in [2.05, 4.69) is 6.58 Å². The molecule has 5 rings (SSSR count). The Morgan fingerprint density at radius 1 is 1.12 bits per heavy atom. The minimum absolute atomic E-state index is 0.0105. The van der Waals surface area contributed by atoms with Crippen LogP contribution in [0, 0.1) is 28.6 Å². The number of carbonyl (C=O) groups is 5. The highest BCUT2D eigenvalue weighted by Crippen LogP contribution is 2.69. The Hall–Kier alpha value is -3.05. The Bertz CT molecular complexity index is 1250. The van der Waals surface area contributed by atoms with E-state index in [1.807, 2.05) is 6.92 Å². The molecule has 3 heterocycles. The van der Waals surface area contributed by atoms with Gasteiger partial charge in [0.25, 0.3) is 0 Å². The van der Waals surface area contributed by atoms with Gasteiger partial charge in [-0.1, -0.05) is 27.4 Å². The van der Waals surface area contributed by atoms with Gasteiger partial charge in [0, 0.05) is 47.7 Å². The number of ether oxygens (including phenoxy) is 5. The second-order valence-corrected chi connectivity index (χ2v) is 12.7. The number of cyclic esters (lactones) is 2. The molecule has 1 spiro atoms. The van der Waals surface area contributed by atoms with Crippen molar-refractivity contribution in [3.8, 4) is 0 Å². The van der Waals surface area contributed by atoms with E-state index in [1.165, 1.54) is 14.0 Å². The highest BCUT2D eigenvalue weighted by molar-refractivity contribution is 5.89. The van der Waals surface area contributed by atoms with E-state index < -0.39 is 76.2 Å². The second-order valence-electron chi connectivity index (χ2n) is 12.7. The van der Waals surface area contributed by atoms with Gasteiger partial charge in [-0.05, 0) is 31.3 Å². The van der Waals surface area contributed by atoms with E-state index in [0.29, 0.717) is 18.4 Å². The van der Waals surface area contributed by atoms with Crippen molar-refractivity contribution >= 4 is 29.7 Å². The number of methoxy groups -OCH3 is 1. The number of carbonyl (C=O) groups excluding carboxylic acids is 5. The van der Waals surface area contributed by atoms with E-state index in [1.54, 1.807) is 20.8 Å². The molecule has 218 valence electrons. The van der Waals surface area contributed by atoms with E-state index in [0.717, 1.165) is 6.08 Å². The van der Waals surface area contributed by atoms with Gasteiger partial charge < -0.3 is 28.8 Å². The van der Waals surface area contributed by atoms with Crippen LogP contribution in [-0.4, -0.2) is 71.6 Å². The number of esters is 4. The molecule has 0 aromatic rings. The van der Waals surface area contributed by atoms with Crippen LogP contribution in [0.3, 0.4) is 0 Å². The first kappa shape index (κ1) is 28.5. The number of rotatable bonds is 4. The molecule has 9 atom stereocenters. The summed E-state index contributed by atoms with van der Waals surface area (Å²) in [6, 6.07) is 0. The van der Waals surface area contributed by atoms with Crippen molar-refractivity contribution in [2.45, 2.75) is 90.0 Å². The maximum Gasteiger partial charge on any atom is 0.347 e. The van der Waals surface area contributed by atoms with Gasteiger partial charge in [0.2, 0.25) is 12.4 Å². The Morgan fingerprint density at radius 3 is 2.38 bits per heavy atom. The molecule has 2 saturated carbocycles. The van der Waals surface area contributed by atoms with Gasteiger partial charge in [0.05, 0.1) is 19.1 Å². The highest BCUT2D eigenvalue weighted by Gasteiger charge is 2.74. The Kier molecular flexibility index (Phi) is 6.39. The zero-order valence-electron chi connectivity index (χ0n) is 23.6. The highest BCUT2D eigenvalue weighted by atomic mass is 16.6. The number of fused-ring (bicyclic) bond motifs is 3. The summed E-state index contributed by atoms with van der Waals surface area (Å²) in [5, 5.41) is 10.5. The summed E-state index contributed by atoms with van der Waals surface area (Å²) < 4.78 is 28.2. The van der Waals surface area contributed by atoms with Gasteiger partial charge in [0.1, 0.15) is 17.5 Å². The summed E-state index contributed by atoms with van der Waals surface area (Å²) in [6.45, 7) is 12.8. The summed E-state index contributed by atoms with van der Waals surface area (Å²) in [7, 11) is 1.20. The van der Waals surface area contributed by atoms with E-state index >= 15 is 0 Å². The van der Waals surface area contributed by atoms with Crippen LogP contribution in [0.5, 0.6) is 0 Å². The fraction of sp³-hybridized carbons (Fsp3) is 0.690. The van der Waals surface area contributed by atoms with E-state index in [9.17, 15) is 29.1 Å². The first-order valence-electron chi connectivity index (χ1n) is 13.5. The van der Waals surface area contributed by atoms with Gasteiger partial charge in [-0.15, -0.1) is 0 Å². The first-order chi connectivity index (χ1) is 18.5. The minimum Gasteiger partial charge on any atom is -0.466 e. The third-order valence-corrected chi connectivity index (χ3v) is 10.2.